The molecule has 2 heterocycles. The fourth-order valence-electron chi connectivity index (χ4n) is 3.93. The standard InChI is InChI=1S/C26H20BrN3O2/c1-17-22(15-28-29-26(31)25-14-19-13-20(27)11-12-24(19)32-25)21-9-5-6-10-23(21)30(17)16-18-7-3-2-4-8-18/h2-15H,16H2,1H3,(H,29,31)/b28-15+. The number of halogens is 1. The number of para-hydroxylation sites is 1. The largest absolute Gasteiger partial charge is 0.451 e. The lowest BCUT2D eigenvalue weighted by Gasteiger charge is -2.08. The lowest BCUT2D eigenvalue weighted by atomic mass is 10.1. The Morgan fingerprint density at radius 3 is 2.69 bits per heavy atom. The van der Waals surface area contributed by atoms with Gasteiger partial charge in [0.1, 0.15) is 5.58 Å². The van der Waals surface area contributed by atoms with Crippen molar-refractivity contribution in [2.75, 3.05) is 0 Å². The number of hydrogen-bond acceptors (Lipinski definition) is 3. The lowest BCUT2D eigenvalue weighted by molar-refractivity contribution is 0.0929. The molecule has 6 heteroatoms. The van der Waals surface area contributed by atoms with Gasteiger partial charge in [0.2, 0.25) is 0 Å². The summed E-state index contributed by atoms with van der Waals surface area (Å²) in [6.07, 6.45) is 1.70. The van der Waals surface area contributed by atoms with E-state index in [2.05, 4.69) is 62.2 Å². The van der Waals surface area contributed by atoms with Crippen LogP contribution in [-0.2, 0) is 6.54 Å². The van der Waals surface area contributed by atoms with E-state index in [-0.39, 0.29) is 11.7 Å². The molecule has 0 atom stereocenters. The Morgan fingerprint density at radius 2 is 1.84 bits per heavy atom. The van der Waals surface area contributed by atoms with Crippen molar-refractivity contribution in [1.29, 1.82) is 0 Å². The molecule has 0 aliphatic carbocycles. The van der Waals surface area contributed by atoms with Gasteiger partial charge in [-0.3, -0.25) is 4.79 Å². The van der Waals surface area contributed by atoms with Crippen molar-refractivity contribution in [2.24, 2.45) is 5.10 Å². The molecule has 0 spiro atoms. The maximum absolute atomic E-state index is 12.5. The zero-order chi connectivity index (χ0) is 22.1. The smallest absolute Gasteiger partial charge is 0.307 e. The van der Waals surface area contributed by atoms with Crippen LogP contribution in [0.2, 0.25) is 0 Å². The molecule has 3 aromatic carbocycles. The molecule has 5 aromatic rings. The van der Waals surface area contributed by atoms with E-state index < -0.39 is 0 Å². The van der Waals surface area contributed by atoms with Crippen molar-refractivity contribution in [3.05, 3.63) is 106 Å². The van der Waals surface area contributed by atoms with Gasteiger partial charge in [0.25, 0.3) is 0 Å². The van der Waals surface area contributed by atoms with Gasteiger partial charge in [-0.2, -0.15) is 5.10 Å². The second-order valence-electron chi connectivity index (χ2n) is 7.58. The maximum Gasteiger partial charge on any atom is 0.307 e. The highest BCUT2D eigenvalue weighted by Crippen LogP contribution is 2.26. The van der Waals surface area contributed by atoms with E-state index in [1.165, 1.54) is 5.56 Å². The molecule has 2 aromatic heterocycles. The lowest BCUT2D eigenvalue weighted by Crippen LogP contribution is -2.16. The number of fused-ring (bicyclic) bond motifs is 2. The molecule has 0 bridgehead atoms. The zero-order valence-electron chi connectivity index (χ0n) is 17.4. The van der Waals surface area contributed by atoms with Crippen molar-refractivity contribution in [3.8, 4) is 0 Å². The Morgan fingerprint density at radius 1 is 1.06 bits per heavy atom. The molecule has 0 saturated carbocycles. The van der Waals surface area contributed by atoms with E-state index in [0.29, 0.717) is 5.58 Å². The summed E-state index contributed by atoms with van der Waals surface area (Å²) in [7, 11) is 0. The fourth-order valence-corrected chi connectivity index (χ4v) is 4.31. The number of rotatable bonds is 5. The number of carbonyl (C=O) groups excluding carboxylic acids is 1. The molecular formula is C26H20BrN3O2. The first-order valence-electron chi connectivity index (χ1n) is 10.2. The number of benzene rings is 3. The summed E-state index contributed by atoms with van der Waals surface area (Å²) in [5.74, 6) is -0.169. The minimum absolute atomic E-state index is 0.221. The van der Waals surface area contributed by atoms with Crippen LogP contribution in [0.25, 0.3) is 21.9 Å². The van der Waals surface area contributed by atoms with Crippen molar-refractivity contribution in [2.45, 2.75) is 13.5 Å². The molecule has 158 valence electrons. The highest BCUT2D eigenvalue weighted by Gasteiger charge is 2.14. The number of nitrogens with one attached hydrogen (secondary N) is 1. The van der Waals surface area contributed by atoms with E-state index in [1.54, 1.807) is 12.3 Å². The van der Waals surface area contributed by atoms with Gasteiger partial charge in [-0.05, 0) is 42.8 Å². The third-order valence-corrected chi connectivity index (χ3v) is 6.02. The molecule has 0 unspecified atom stereocenters. The van der Waals surface area contributed by atoms with Gasteiger partial charge in [-0.25, -0.2) is 5.43 Å². The summed E-state index contributed by atoms with van der Waals surface area (Å²) >= 11 is 3.43. The molecule has 32 heavy (non-hydrogen) atoms. The number of amides is 1. The van der Waals surface area contributed by atoms with Gasteiger partial charge in [-0.1, -0.05) is 64.5 Å². The normalized spacial score (nSPS) is 11.6. The van der Waals surface area contributed by atoms with Gasteiger partial charge in [0, 0.05) is 38.6 Å². The number of carbonyl (C=O) groups is 1. The second kappa shape index (κ2) is 8.48. The summed E-state index contributed by atoms with van der Waals surface area (Å²) in [6.45, 7) is 2.84. The van der Waals surface area contributed by atoms with Crippen LogP contribution in [0.15, 0.2) is 92.9 Å². The minimum atomic E-state index is -0.390. The van der Waals surface area contributed by atoms with E-state index in [9.17, 15) is 4.79 Å². The molecule has 0 radical (unpaired) electrons. The van der Waals surface area contributed by atoms with Crippen molar-refractivity contribution in [1.82, 2.24) is 9.99 Å². The molecular weight excluding hydrogens is 466 g/mol. The molecule has 0 saturated heterocycles. The average molecular weight is 486 g/mol. The van der Waals surface area contributed by atoms with Crippen LogP contribution in [-0.4, -0.2) is 16.7 Å². The van der Waals surface area contributed by atoms with Gasteiger partial charge in [0.05, 0.1) is 6.21 Å². The molecule has 1 amide bonds. The maximum atomic E-state index is 12.5. The predicted molar refractivity (Wildman–Crippen MR) is 131 cm³/mol. The topological polar surface area (TPSA) is 59.5 Å². The molecule has 5 nitrogen and oxygen atoms in total. The van der Waals surface area contributed by atoms with Crippen molar-refractivity contribution < 1.29 is 9.21 Å². The number of aromatic nitrogens is 1. The van der Waals surface area contributed by atoms with Crippen LogP contribution in [0.5, 0.6) is 0 Å². The third kappa shape index (κ3) is 3.85. The van der Waals surface area contributed by atoms with Crippen LogP contribution in [0.3, 0.4) is 0 Å². The van der Waals surface area contributed by atoms with Crippen molar-refractivity contribution in [3.63, 3.8) is 0 Å². The average Bonchev–Trinajstić information content (AvgIpc) is 3.34. The van der Waals surface area contributed by atoms with Gasteiger partial charge >= 0.3 is 5.91 Å². The Labute approximate surface area is 193 Å². The Bertz CT molecular complexity index is 1470. The van der Waals surface area contributed by atoms with E-state index in [1.807, 2.05) is 48.5 Å². The highest BCUT2D eigenvalue weighted by atomic mass is 79.9. The van der Waals surface area contributed by atoms with E-state index >= 15 is 0 Å². The van der Waals surface area contributed by atoms with Crippen LogP contribution in [0.1, 0.15) is 27.4 Å². The summed E-state index contributed by atoms with van der Waals surface area (Å²) < 4.78 is 8.84. The monoisotopic (exact) mass is 485 g/mol. The SMILES string of the molecule is Cc1c(/C=N/NC(=O)c2cc3cc(Br)ccc3o2)c2ccccc2n1Cc1ccccc1. The molecule has 0 aliphatic rings. The molecule has 1 N–H and O–H groups in total. The van der Waals surface area contributed by atoms with Gasteiger partial charge < -0.3 is 8.98 Å². The van der Waals surface area contributed by atoms with E-state index in [0.717, 1.165) is 38.6 Å². The fraction of sp³-hybridized carbons (Fsp3) is 0.0769. The summed E-state index contributed by atoms with van der Waals surface area (Å²) in [4.78, 5) is 12.5. The quantitative estimate of drug-likeness (QED) is 0.235. The van der Waals surface area contributed by atoms with Gasteiger partial charge in [0.15, 0.2) is 5.76 Å². The zero-order valence-corrected chi connectivity index (χ0v) is 19.0. The van der Waals surface area contributed by atoms with Gasteiger partial charge in [-0.15, -0.1) is 0 Å². The predicted octanol–water partition coefficient (Wildman–Crippen LogP) is 6.27. The summed E-state index contributed by atoms with van der Waals surface area (Å²) in [6, 6.07) is 25.9. The Balaban J connectivity index is 1.42. The Hall–Kier alpha value is -3.64. The first kappa shape index (κ1) is 20.3. The molecule has 0 aliphatic heterocycles. The second-order valence-corrected chi connectivity index (χ2v) is 8.50. The van der Waals surface area contributed by atoms with Crippen LogP contribution in [0.4, 0.5) is 0 Å². The van der Waals surface area contributed by atoms with Crippen LogP contribution < -0.4 is 5.43 Å². The van der Waals surface area contributed by atoms with Crippen LogP contribution in [0, 0.1) is 6.92 Å². The number of hydrogen-bond donors (Lipinski definition) is 1. The number of furan rings is 1. The first-order valence-corrected chi connectivity index (χ1v) is 11.0. The van der Waals surface area contributed by atoms with E-state index in [4.69, 9.17) is 4.42 Å². The molecule has 0 fully saturated rings. The summed E-state index contributed by atoms with van der Waals surface area (Å²) in [5, 5.41) is 6.18. The Kier molecular flexibility index (Phi) is 5.37. The number of hydrazone groups is 1. The summed E-state index contributed by atoms with van der Waals surface area (Å²) in [5.41, 5.74) is 7.66. The third-order valence-electron chi connectivity index (χ3n) is 5.53. The number of nitrogens with zero attached hydrogens (tertiary/aromatic N) is 2. The minimum Gasteiger partial charge on any atom is -0.451 e. The molecule has 5 rings (SSSR count). The van der Waals surface area contributed by atoms with Crippen LogP contribution >= 0.6 is 15.9 Å². The first-order chi connectivity index (χ1) is 15.6. The van der Waals surface area contributed by atoms with Crippen molar-refractivity contribution >= 4 is 49.9 Å². The highest BCUT2D eigenvalue weighted by molar-refractivity contribution is 9.10.